The van der Waals surface area contributed by atoms with E-state index >= 15 is 0 Å². The molecule has 0 atom stereocenters. The van der Waals surface area contributed by atoms with Gasteiger partial charge in [0.05, 0.1) is 11.3 Å². The highest BCUT2D eigenvalue weighted by Gasteiger charge is 2.23. The van der Waals surface area contributed by atoms with E-state index in [0.29, 0.717) is 17.9 Å². The minimum absolute atomic E-state index is 0.0727. The number of nitrogens with one attached hydrogen (secondary N) is 3. The molecular formula is C15H19N5O4S2. The SMILES string of the molecule is CCCCNC(=O)c1ccccc1NS(=O)(=O)c1nnc(NC(C)=O)s1. The summed E-state index contributed by atoms with van der Waals surface area (Å²) in [6, 6.07) is 6.28. The van der Waals surface area contributed by atoms with Crippen LogP contribution in [0.5, 0.6) is 0 Å². The zero-order valence-electron chi connectivity index (χ0n) is 14.3. The van der Waals surface area contributed by atoms with Crippen LogP contribution in [0.2, 0.25) is 0 Å². The number of hydrogen-bond donors (Lipinski definition) is 3. The molecule has 1 heterocycles. The number of amides is 2. The second-order valence-electron chi connectivity index (χ2n) is 5.31. The van der Waals surface area contributed by atoms with E-state index in [-0.39, 0.29) is 32.5 Å². The van der Waals surface area contributed by atoms with Gasteiger partial charge in [0.2, 0.25) is 11.0 Å². The lowest BCUT2D eigenvalue weighted by Crippen LogP contribution is -2.26. The smallest absolute Gasteiger partial charge is 0.291 e. The van der Waals surface area contributed by atoms with E-state index < -0.39 is 10.0 Å². The molecule has 0 bridgehead atoms. The fourth-order valence-corrected chi connectivity index (χ4v) is 3.98. The third-order valence-corrected chi connectivity index (χ3v) is 5.72. The van der Waals surface area contributed by atoms with E-state index in [1.165, 1.54) is 19.1 Å². The van der Waals surface area contributed by atoms with Crippen LogP contribution in [0.15, 0.2) is 28.6 Å². The maximum atomic E-state index is 12.5. The van der Waals surface area contributed by atoms with Gasteiger partial charge in [-0.25, -0.2) is 0 Å². The predicted molar refractivity (Wildman–Crippen MR) is 98.7 cm³/mol. The summed E-state index contributed by atoms with van der Waals surface area (Å²) in [4.78, 5) is 23.3. The van der Waals surface area contributed by atoms with Gasteiger partial charge in [-0.1, -0.05) is 36.8 Å². The van der Waals surface area contributed by atoms with Crippen LogP contribution < -0.4 is 15.4 Å². The van der Waals surface area contributed by atoms with E-state index in [1.54, 1.807) is 12.1 Å². The summed E-state index contributed by atoms with van der Waals surface area (Å²) in [6.45, 7) is 3.79. The van der Waals surface area contributed by atoms with E-state index in [4.69, 9.17) is 0 Å². The molecule has 1 aromatic carbocycles. The van der Waals surface area contributed by atoms with Crippen molar-refractivity contribution >= 4 is 44.0 Å². The van der Waals surface area contributed by atoms with Gasteiger partial charge in [-0.15, -0.1) is 10.2 Å². The molecule has 0 unspecified atom stereocenters. The van der Waals surface area contributed by atoms with Crippen molar-refractivity contribution in [2.45, 2.75) is 31.0 Å². The topological polar surface area (TPSA) is 130 Å². The molecule has 3 N–H and O–H groups in total. The monoisotopic (exact) mass is 397 g/mol. The summed E-state index contributed by atoms with van der Waals surface area (Å²) in [5.74, 6) is -0.750. The van der Waals surface area contributed by atoms with Crippen LogP contribution in [0.25, 0.3) is 0 Å². The zero-order valence-corrected chi connectivity index (χ0v) is 15.9. The lowest BCUT2D eigenvalue weighted by Gasteiger charge is -2.11. The number of aromatic nitrogens is 2. The van der Waals surface area contributed by atoms with Gasteiger partial charge >= 0.3 is 0 Å². The Labute approximate surface area is 155 Å². The number of rotatable bonds is 8. The highest BCUT2D eigenvalue weighted by Crippen LogP contribution is 2.24. The standard InChI is InChI=1S/C15H19N5O4S2/c1-3-4-9-16-13(22)11-7-5-6-8-12(11)20-26(23,24)15-19-18-14(25-15)17-10(2)21/h5-8,20H,3-4,9H2,1-2H3,(H,16,22)(H,17,18,21). The summed E-state index contributed by atoms with van der Waals surface area (Å²) in [5, 5.41) is 12.4. The van der Waals surface area contributed by atoms with Crippen molar-refractivity contribution in [3.05, 3.63) is 29.8 Å². The maximum Gasteiger partial charge on any atom is 0.291 e. The largest absolute Gasteiger partial charge is 0.352 e. The van der Waals surface area contributed by atoms with Gasteiger partial charge in [-0.3, -0.25) is 14.3 Å². The van der Waals surface area contributed by atoms with Crippen molar-refractivity contribution in [2.24, 2.45) is 0 Å². The number of para-hydroxylation sites is 1. The number of sulfonamides is 1. The molecule has 0 saturated heterocycles. The van der Waals surface area contributed by atoms with E-state index in [9.17, 15) is 18.0 Å². The van der Waals surface area contributed by atoms with Crippen LogP contribution >= 0.6 is 11.3 Å². The van der Waals surface area contributed by atoms with Crippen molar-refractivity contribution in [1.82, 2.24) is 15.5 Å². The van der Waals surface area contributed by atoms with Gasteiger partial charge in [-0.05, 0) is 18.6 Å². The summed E-state index contributed by atoms with van der Waals surface area (Å²) < 4.78 is 27.0. The molecule has 140 valence electrons. The van der Waals surface area contributed by atoms with Gasteiger partial charge in [0, 0.05) is 13.5 Å². The van der Waals surface area contributed by atoms with Crippen LogP contribution in [0.1, 0.15) is 37.0 Å². The number of nitrogens with zero attached hydrogens (tertiary/aromatic N) is 2. The molecule has 2 amide bonds. The Hall–Kier alpha value is -2.53. The van der Waals surface area contributed by atoms with E-state index in [1.807, 2.05) is 6.92 Å². The average molecular weight is 397 g/mol. The van der Waals surface area contributed by atoms with E-state index in [2.05, 4.69) is 25.6 Å². The molecule has 2 aromatic rings. The minimum Gasteiger partial charge on any atom is -0.352 e. The number of unbranched alkanes of at least 4 members (excludes halogenated alkanes) is 1. The Bertz CT molecular complexity index is 895. The Morgan fingerprint density at radius 2 is 1.92 bits per heavy atom. The first-order valence-electron chi connectivity index (χ1n) is 7.84. The minimum atomic E-state index is -4.05. The molecular weight excluding hydrogens is 378 g/mol. The number of anilines is 2. The van der Waals surface area contributed by atoms with Crippen LogP contribution in [0, 0.1) is 0 Å². The second-order valence-corrected chi connectivity index (χ2v) is 8.15. The van der Waals surface area contributed by atoms with E-state index in [0.717, 1.165) is 12.8 Å². The molecule has 26 heavy (non-hydrogen) atoms. The molecule has 9 nitrogen and oxygen atoms in total. The third-order valence-electron chi connectivity index (χ3n) is 3.15. The zero-order chi connectivity index (χ0) is 19.2. The van der Waals surface area contributed by atoms with Gasteiger partial charge in [0.25, 0.3) is 20.3 Å². The summed E-state index contributed by atoms with van der Waals surface area (Å²) in [7, 11) is -4.05. The second kappa shape index (κ2) is 8.72. The molecule has 11 heteroatoms. The molecule has 0 radical (unpaired) electrons. The highest BCUT2D eigenvalue weighted by molar-refractivity contribution is 7.94. The Morgan fingerprint density at radius 3 is 2.62 bits per heavy atom. The third kappa shape index (κ3) is 5.23. The van der Waals surface area contributed by atoms with Gasteiger partial charge in [-0.2, -0.15) is 8.42 Å². The number of benzene rings is 1. The molecule has 0 spiro atoms. The number of carbonyl (C=O) groups excluding carboxylic acids is 2. The van der Waals surface area contributed by atoms with Gasteiger partial charge in [0.15, 0.2) is 0 Å². The predicted octanol–water partition coefficient (Wildman–Crippen LogP) is 1.83. The molecule has 0 fully saturated rings. The summed E-state index contributed by atoms with van der Waals surface area (Å²) in [6.07, 6.45) is 1.76. The van der Waals surface area contributed by atoms with Crippen LogP contribution in [0.4, 0.5) is 10.8 Å². The Balaban J connectivity index is 2.20. The quantitative estimate of drug-likeness (QED) is 0.460. The van der Waals surface area contributed by atoms with Crippen molar-refractivity contribution < 1.29 is 18.0 Å². The van der Waals surface area contributed by atoms with Crippen LogP contribution in [-0.4, -0.2) is 37.0 Å². The Morgan fingerprint density at radius 1 is 1.19 bits per heavy atom. The van der Waals surface area contributed by atoms with Gasteiger partial charge < -0.3 is 10.6 Å². The van der Waals surface area contributed by atoms with Crippen LogP contribution in [0.3, 0.4) is 0 Å². The summed E-state index contributed by atoms with van der Waals surface area (Å²) in [5.41, 5.74) is 0.344. The molecule has 0 aliphatic heterocycles. The molecule has 0 aliphatic rings. The average Bonchev–Trinajstić information content (AvgIpc) is 3.04. The van der Waals surface area contributed by atoms with Crippen molar-refractivity contribution in [1.29, 1.82) is 0 Å². The van der Waals surface area contributed by atoms with Crippen molar-refractivity contribution in [2.75, 3.05) is 16.6 Å². The lowest BCUT2D eigenvalue weighted by molar-refractivity contribution is -0.114. The maximum absolute atomic E-state index is 12.5. The first kappa shape index (κ1) is 19.8. The van der Waals surface area contributed by atoms with Gasteiger partial charge in [0.1, 0.15) is 0 Å². The Kier molecular flexibility index (Phi) is 6.64. The highest BCUT2D eigenvalue weighted by atomic mass is 32.2. The fraction of sp³-hybridized carbons (Fsp3) is 0.333. The fourth-order valence-electron chi connectivity index (χ4n) is 1.95. The molecule has 2 rings (SSSR count). The lowest BCUT2D eigenvalue weighted by atomic mass is 10.1. The molecule has 0 aliphatic carbocycles. The normalized spacial score (nSPS) is 11.0. The first-order valence-corrected chi connectivity index (χ1v) is 10.1. The summed E-state index contributed by atoms with van der Waals surface area (Å²) >= 11 is 0.713. The van der Waals surface area contributed by atoms with Crippen molar-refractivity contribution in [3.8, 4) is 0 Å². The molecule has 1 aromatic heterocycles. The molecule has 0 saturated carbocycles. The van der Waals surface area contributed by atoms with Crippen LogP contribution in [-0.2, 0) is 14.8 Å². The first-order chi connectivity index (χ1) is 12.3. The van der Waals surface area contributed by atoms with Crippen molar-refractivity contribution in [3.63, 3.8) is 0 Å². The number of hydrogen-bond acceptors (Lipinski definition) is 7. The number of carbonyl (C=O) groups is 2.